The Morgan fingerprint density at radius 3 is 2.74 bits per heavy atom. The molecule has 0 amide bonds. The van der Waals surface area contributed by atoms with Gasteiger partial charge in [-0.05, 0) is 37.4 Å². The van der Waals surface area contributed by atoms with Gasteiger partial charge in [-0.25, -0.2) is 0 Å². The van der Waals surface area contributed by atoms with E-state index in [1.54, 1.807) is 0 Å². The summed E-state index contributed by atoms with van der Waals surface area (Å²) in [4.78, 5) is 2.64. The lowest BCUT2D eigenvalue weighted by atomic mass is 9.99. The van der Waals surface area contributed by atoms with Gasteiger partial charge in [-0.15, -0.1) is 0 Å². The molecular formula is C17H28N2. The van der Waals surface area contributed by atoms with E-state index in [4.69, 9.17) is 0 Å². The number of likely N-dealkylation sites (tertiary alicyclic amines) is 1. The van der Waals surface area contributed by atoms with Crippen LogP contribution in [-0.4, -0.2) is 37.1 Å². The Balaban J connectivity index is 1.84. The first-order chi connectivity index (χ1) is 9.33. The van der Waals surface area contributed by atoms with Gasteiger partial charge in [0.1, 0.15) is 0 Å². The summed E-state index contributed by atoms with van der Waals surface area (Å²) in [5.74, 6) is 0.741. The Labute approximate surface area is 118 Å². The predicted molar refractivity (Wildman–Crippen MR) is 82.6 cm³/mol. The quantitative estimate of drug-likeness (QED) is 0.809. The normalized spacial score (nSPS) is 21.7. The second kappa shape index (κ2) is 7.66. The molecule has 1 aromatic carbocycles. The van der Waals surface area contributed by atoms with Gasteiger partial charge in [-0.2, -0.15) is 0 Å². The number of nitrogens with one attached hydrogen (secondary N) is 1. The Hall–Kier alpha value is -0.860. The fraction of sp³-hybridized carbons (Fsp3) is 0.647. The number of rotatable bonds is 7. The van der Waals surface area contributed by atoms with Crippen molar-refractivity contribution in [2.24, 2.45) is 0 Å². The molecule has 0 aliphatic carbocycles. The molecule has 1 N–H and O–H groups in total. The lowest BCUT2D eigenvalue weighted by molar-refractivity contribution is 0.280. The summed E-state index contributed by atoms with van der Waals surface area (Å²) in [6.07, 6.45) is 3.88. The van der Waals surface area contributed by atoms with Gasteiger partial charge in [-0.1, -0.05) is 50.6 Å². The molecule has 0 spiro atoms. The van der Waals surface area contributed by atoms with Gasteiger partial charge in [0.2, 0.25) is 0 Å². The molecule has 1 aliphatic heterocycles. The number of nitrogens with zero attached hydrogens (tertiary/aromatic N) is 1. The highest BCUT2D eigenvalue weighted by Gasteiger charge is 2.25. The number of hydrogen-bond donors (Lipinski definition) is 1. The molecular weight excluding hydrogens is 232 g/mol. The molecule has 2 atom stereocenters. The van der Waals surface area contributed by atoms with Crippen molar-refractivity contribution in [1.29, 1.82) is 0 Å². The van der Waals surface area contributed by atoms with E-state index in [1.807, 2.05) is 0 Å². The zero-order valence-corrected chi connectivity index (χ0v) is 12.4. The first kappa shape index (κ1) is 14.5. The molecule has 106 valence electrons. The van der Waals surface area contributed by atoms with E-state index in [0.29, 0.717) is 6.04 Å². The Bertz CT molecular complexity index is 344. The molecule has 2 unspecified atom stereocenters. The third kappa shape index (κ3) is 4.32. The Kier molecular flexibility index (Phi) is 5.87. The first-order valence-corrected chi connectivity index (χ1v) is 7.84. The molecule has 2 heteroatoms. The van der Waals surface area contributed by atoms with Crippen LogP contribution in [-0.2, 0) is 0 Å². The molecule has 0 radical (unpaired) electrons. The molecule has 0 saturated carbocycles. The van der Waals surface area contributed by atoms with E-state index in [-0.39, 0.29) is 0 Å². The molecule has 2 rings (SSSR count). The summed E-state index contributed by atoms with van der Waals surface area (Å²) in [5, 5.41) is 3.62. The minimum atomic E-state index is 0.671. The van der Waals surface area contributed by atoms with Gasteiger partial charge < -0.3 is 10.2 Å². The van der Waals surface area contributed by atoms with Crippen molar-refractivity contribution in [2.45, 2.75) is 45.1 Å². The van der Waals surface area contributed by atoms with Crippen LogP contribution in [0.4, 0.5) is 0 Å². The van der Waals surface area contributed by atoms with Crippen LogP contribution in [0.3, 0.4) is 0 Å². The number of hydrogen-bond acceptors (Lipinski definition) is 2. The molecule has 19 heavy (non-hydrogen) atoms. The van der Waals surface area contributed by atoms with E-state index in [9.17, 15) is 0 Å². The zero-order chi connectivity index (χ0) is 13.5. The van der Waals surface area contributed by atoms with Crippen LogP contribution in [0.15, 0.2) is 30.3 Å². The monoisotopic (exact) mass is 260 g/mol. The standard InChI is InChI=1S/C17H28N2/c1-3-8-17(18-4-2)14-19-12-11-16(13-19)15-9-6-5-7-10-15/h5-7,9-10,16-18H,3-4,8,11-14H2,1-2H3. The first-order valence-electron chi connectivity index (χ1n) is 7.84. The SMILES string of the molecule is CCCC(CN1CCC(c2ccccc2)C1)NCC. The molecule has 1 fully saturated rings. The summed E-state index contributed by atoms with van der Waals surface area (Å²) >= 11 is 0. The summed E-state index contributed by atoms with van der Waals surface area (Å²) in [6, 6.07) is 11.7. The van der Waals surface area contributed by atoms with E-state index in [0.717, 1.165) is 12.5 Å². The van der Waals surface area contributed by atoms with Crippen LogP contribution < -0.4 is 5.32 Å². The highest BCUT2D eigenvalue weighted by molar-refractivity contribution is 5.21. The second-order valence-electron chi connectivity index (χ2n) is 5.70. The van der Waals surface area contributed by atoms with Gasteiger partial charge in [0, 0.05) is 19.1 Å². The highest BCUT2D eigenvalue weighted by Crippen LogP contribution is 2.27. The lowest BCUT2D eigenvalue weighted by Gasteiger charge is -2.24. The Morgan fingerprint density at radius 1 is 1.26 bits per heavy atom. The average molecular weight is 260 g/mol. The minimum Gasteiger partial charge on any atom is -0.313 e. The molecule has 1 heterocycles. The van der Waals surface area contributed by atoms with Crippen LogP contribution in [0, 0.1) is 0 Å². The highest BCUT2D eigenvalue weighted by atomic mass is 15.2. The fourth-order valence-electron chi connectivity index (χ4n) is 3.20. The van der Waals surface area contributed by atoms with Crippen molar-refractivity contribution in [2.75, 3.05) is 26.2 Å². The van der Waals surface area contributed by atoms with Crippen LogP contribution in [0.1, 0.15) is 44.6 Å². The third-order valence-corrected chi connectivity index (χ3v) is 4.15. The van der Waals surface area contributed by atoms with Gasteiger partial charge in [-0.3, -0.25) is 0 Å². The summed E-state index contributed by atoms with van der Waals surface area (Å²) < 4.78 is 0. The van der Waals surface area contributed by atoms with E-state index in [1.165, 1.54) is 44.5 Å². The predicted octanol–water partition coefficient (Wildman–Crippen LogP) is 3.25. The molecule has 2 nitrogen and oxygen atoms in total. The molecule has 1 aliphatic rings. The van der Waals surface area contributed by atoms with Gasteiger partial charge in [0.05, 0.1) is 0 Å². The van der Waals surface area contributed by atoms with Crippen LogP contribution in [0.5, 0.6) is 0 Å². The second-order valence-corrected chi connectivity index (χ2v) is 5.70. The lowest BCUT2D eigenvalue weighted by Crippen LogP contribution is -2.40. The van der Waals surface area contributed by atoms with Crippen molar-refractivity contribution < 1.29 is 0 Å². The third-order valence-electron chi connectivity index (χ3n) is 4.15. The van der Waals surface area contributed by atoms with Crippen molar-refractivity contribution in [3.63, 3.8) is 0 Å². The van der Waals surface area contributed by atoms with Crippen LogP contribution >= 0.6 is 0 Å². The maximum absolute atomic E-state index is 3.62. The van der Waals surface area contributed by atoms with E-state index < -0.39 is 0 Å². The van der Waals surface area contributed by atoms with Crippen LogP contribution in [0.2, 0.25) is 0 Å². The number of benzene rings is 1. The van der Waals surface area contributed by atoms with Crippen molar-refractivity contribution in [3.05, 3.63) is 35.9 Å². The summed E-state index contributed by atoms with van der Waals surface area (Å²) in [6.45, 7) is 9.27. The van der Waals surface area contributed by atoms with Crippen molar-refractivity contribution >= 4 is 0 Å². The minimum absolute atomic E-state index is 0.671. The zero-order valence-electron chi connectivity index (χ0n) is 12.4. The molecule has 0 aromatic heterocycles. The van der Waals surface area contributed by atoms with Crippen LogP contribution in [0.25, 0.3) is 0 Å². The smallest absolute Gasteiger partial charge is 0.0194 e. The fourth-order valence-corrected chi connectivity index (χ4v) is 3.20. The molecule has 0 bridgehead atoms. The van der Waals surface area contributed by atoms with Crippen molar-refractivity contribution in [3.8, 4) is 0 Å². The maximum Gasteiger partial charge on any atom is 0.0194 e. The van der Waals surface area contributed by atoms with Gasteiger partial charge in [0.15, 0.2) is 0 Å². The maximum atomic E-state index is 3.62. The molecule has 1 aromatic rings. The van der Waals surface area contributed by atoms with Gasteiger partial charge >= 0.3 is 0 Å². The van der Waals surface area contributed by atoms with Crippen molar-refractivity contribution in [1.82, 2.24) is 10.2 Å². The molecule has 1 saturated heterocycles. The summed E-state index contributed by atoms with van der Waals surface area (Å²) in [5.41, 5.74) is 1.51. The van der Waals surface area contributed by atoms with E-state index >= 15 is 0 Å². The largest absolute Gasteiger partial charge is 0.313 e. The summed E-state index contributed by atoms with van der Waals surface area (Å²) in [7, 11) is 0. The topological polar surface area (TPSA) is 15.3 Å². The van der Waals surface area contributed by atoms with E-state index in [2.05, 4.69) is 54.4 Å². The Morgan fingerprint density at radius 2 is 2.05 bits per heavy atom. The van der Waals surface area contributed by atoms with Gasteiger partial charge in [0.25, 0.3) is 0 Å². The number of likely N-dealkylation sites (N-methyl/N-ethyl adjacent to an activating group) is 1. The average Bonchev–Trinajstić information content (AvgIpc) is 2.89.